The Balaban J connectivity index is 2.76. The molecule has 1 N–H and O–H groups in total. The van der Waals surface area contributed by atoms with Crippen molar-refractivity contribution in [2.24, 2.45) is 0 Å². The first-order chi connectivity index (χ1) is 9.85. The molecule has 6 heteroatoms. The molecule has 0 heterocycles. The maximum atomic E-state index is 12.1. The lowest BCUT2D eigenvalue weighted by atomic mass is 10.2. The number of carbonyl (C=O) groups is 3. The molecule has 0 aromatic heterocycles. The van der Waals surface area contributed by atoms with Gasteiger partial charge in [0.15, 0.2) is 0 Å². The van der Waals surface area contributed by atoms with Crippen molar-refractivity contribution in [3.05, 3.63) is 29.8 Å². The fourth-order valence-corrected chi connectivity index (χ4v) is 1.64. The summed E-state index contributed by atoms with van der Waals surface area (Å²) in [6.45, 7) is 5.11. The number of esters is 1. The van der Waals surface area contributed by atoms with Gasteiger partial charge in [0.25, 0.3) is 0 Å². The van der Waals surface area contributed by atoms with Crippen molar-refractivity contribution in [2.45, 2.75) is 26.8 Å². The van der Waals surface area contributed by atoms with E-state index in [1.54, 1.807) is 26.0 Å². The first-order valence-electron chi connectivity index (χ1n) is 6.60. The lowest BCUT2D eigenvalue weighted by molar-refractivity contribution is -0.151. The number of aryl methyl sites for hydroxylation is 1. The van der Waals surface area contributed by atoms with Crippen molar-refractivity contribution in [1.82, 2.24) is 4.90 Å². The van der Waals surface area contributed by atoms with Gasteiger partial charge in [-0.15, -0.1) is 0 Å². The molecule has 0 unspecified atom stereocenters. The van der Waals surface area contributed by atoms with Crippen LogP contribution in [0, 0.1) is 6.92 Å². The predicted octanol–water partition coefficient (Wildman–Crippen LogP) is 1.34. The number of ether oxygens (including phenoxy) is 1. The molecule has 0 saturated heterocycles. The molecule has 0 radical (unpaired) electrons. The van der Waals surface area contributed by atoms with Crippen LogP contribution in [0.25, 0.3) is 0 Å². The molecule has 1 aromatic carbocycles. The van der Waals surface area contributed by atoms with Gasteiger partial charge in [-0.3, -0.25) is 14.4 Å². The van der Waals surface area contributed by atoms with E-state index in [-0.39, 0.29) is 12.6 Å². The van der Waals surface area contributed by atoms with Crippen LogP contribution in [0.5, 0.6) is 0 Å². The van der Waals surface area contributed by atoms with Gasteiger partial charge in [-0.2, -0.15) is 0 Å². The largest absolute Gasteiger partial charge is 0.468 e. The Kier molecular flexibility index (Phi) is 5.90. The summed E-state index contributed by atoms with van der Waals surface area (Å²) >= 11 is 0. The first-order valence-corrected chi connectivity index (χ1v) is 6.60. The Hall–Kier alpha value is -2.37. The fourth-order valence-electron chi connectivity index (χ4n) is 1.64. The van der Waals surface area contributed by atoms with Crippen LogP contribution in [0.4, 0.5) is 5.69 Å². The van der Waals surface area contributed by atoms with Gasteiger partial charge >= 0.3 is 17.8 Å². The third-order valence-corrected chi connectivity index (χ3v) is 2.92. The number of hydrogen-bond acceptors (Lipinski definition) is 4. The molecule has 0 atom stereocenters. The van der Waals surface area contributed by atoms with E-state index in [0.717, 1.165) is 10.5 Å². The van der Waals surface area contributed by atoms with Gasteiger partial charge in [0.2, 0.25) is 0 Å². The van der Waals surface area contributed by atoms with Crippen LogP contribution in [-0.4, -0.2) is 42.4 Å². The highest BCUT2D eigenvalue weighted by Crippen LogP contribution is 2.09. The van der Waals surface area contributed by atoms with E-state index in [9.17, 15) is 14.4 Å². The summed E-state index contributed by atoms with van der Waals surface area (Å²) < 4.78 is 4.53. The highest BCUT2D eigenvalue weighted by Gasteiger charge is 2.26. The average Bonchev–Trinajstić information content (AvgIpc) is 2.45. The summed E-state index contributed by atoms with van der Waals surface area (Å²) in [7, 11) is 1.23. The number of rotatable bonds is 4. The zero-order chi connectivity index (χ0) is 16.0. The van der Waals surface area contributed by atoms with E-state index in [0.29, 0.717) is 5.69 Å². The van der Waals surface area contributed by atoms with Crippen LogP contribution in [-0.2, 0) is 19.1 Å². The van der Waals surface area contributed by atoms with Gasteiger partial charge in [0.1, 0.15) is 6.54 Å². The molecule has 0 bridgehead atoms. The first kappa shape index (κ1) is 16.7. The molecule has 0 aliphatic rings. The molecule has 2 amide bonds. The van der Waals surface area contributed by atoms with Gasteiger partial charge < -0.3 is 15.0 Å². The van der Waals surface area contributed by atoms with Crippen LogP contribution in [0.3, 0.4) is 0 Å². The second kappa shape index (κ2) is 7.42. The molecule has 6 nitrogen and oxygen atoms in total. The van der Waals surface area contributed by atoms with Crippen molar-refractivity contribution in [1.29, 1.82) is 0 Å². The summed E-state index contributed by atoms with van der Waals surface area (Å²) in [6.07, 6.45) is 0. The molecule has 114 valence electrons. The molecular weight excluding hydrogens is 272 g/mol. The second-order valence-electron chi connectivity index (χ2n) is 4.92. The van der Waals surface area contributed by atoms with Gasteiger partial charge in [-0.05, 0) is 32.9 Å². The Bertz CT molecular complexity index is 523. The SMILES string of the molecule is COC(=O)CN(C(=O)C(=O)Nc1ccc(C)cc1)C(C)C. The van der Waals surface area contributed by atoms with Gasteiger partial charge in [0.05, 0.1) is 7.11 Å². The minimum absolute atomic E-state index is 0.256. The van der Waals surface area contributed by atoms with Crippen LogP contribution < -0.4 is 5.32 Å². The smallest absolute Gasteiger partial charge is 0.325 e. The van der Waals surface area contributed by atoms with Gasteiger partial charge in [-0.25, -0.2) is 0 Å². The number of methoxy groups -OCH3 is 1. The number of carbonyl (C=O) groups excluding carboxylic acids is 3. The topological polar surface area (TPSA) is 75.7 Å². The molecule has 21 heavy (non-hydrogen) atoms. The van der Waals surface area contributed by atoms with Crippen LogP contribution in [0.1, 0.15) is 19.4 Å². The molecule has 0 aliphatic heterocycles. The fraction of sp³-hybridized carbons (Fsp3) is 0.400. The van der Waals surface area contributed by atoms with Gasteiger partial charge in [0, 0.05) is 11.7 Å². The molecule has 1 rings (SSSR count). The summed E-state index contributed by atoms with van der Waals surface area (Å²) in [6, 6.07) is 6.78. The molecule has 1 aromatic rings. The Labute approximate surface area is 124 Å². The maximum Gasteiger partial charge on any atom is 0.325 e. The quantitative estimate of drug-likeness (QED) is 0.671. The van der Waals surface area contributed by atoms with Crippen LogP contribution >= 0.6 is 0 Å². The summed E-state index contributed by atoms with van der Waals surface area (Å²) in [5.74, 6) is -2.12. The van der Waals surface area contributed by atoms with Crippen molar-refractivity contribution >= 4 is 23.5 Å². The number of nitrogens with one attached hydrogen (secondary N) is 1. The molecule has 0 fully saturated rings. The van der Waals surface area contributed by atoms with E-state index < -0.39 is 17.8 Å². The summed E-state index contributed by atoms with van der Waals surface area (Å²) in [5.41, 5.74) is 1.58. The maximum absolute atomic E-state index is 12.1. The number of amides is 2. The highest BCUT2D eigenvalue weighted by atomic mass is 16.5. The number of nitrogens with zero attached hydrogens (tertiary/aromatic N) is 1. The number of anilines is 1. The van der Waals surface area contributed by atoms with E-state index in [1.807, 2.05) is 19.1 Å². The zero-order valence-corrected chi connectivity index (χ0v) is 12.7. The van der Waals surface area contributed by atoms with Crippen molar-refractivity contribution in [3.8, 4) is 0 Å². The predicted molar refractivity (Wildman–Crippen MR) is 78.7 cm³/mol. The van der Waals surface area contributed by atoms with E-state index in [2.05, 4.69) is 10.1 Å². The third-order valence-electron chi connectivity index (χ3n) is 2.92. The van der Waals surface area contributed by atoms with E-state index in [4.69, 9.17) is 0 Å². The summed E-state index contributed by atoms with van der Waals surface area (Å²) in [4.78, 5) is 36.5. The lowest BCUT2D eigenvalue weighted by Crippen LogP contribution is -2.46. The lowest BCUT2D eigenvalue weighted by Gasteiger charge is -2.24. The molecule has 0 saturated carbocycles. The van der Waals surface area contributed by atoms with E-state index in [1.165, 1.54) is 7.11 Å². The molecule has 0 aliphatic carbocycles. The Morgan fingerprint density at radius 3 is 2.24 bits per heavy atom. The van der Waals surface area contributed by atoms with Gasteiger partial charge in [-0.1, -0.05) is 17.7 Å². The minimum atomic E-state index is -0.781. The number of benzene rings is 1. The Morgan fingerprint density at radius 2 is 1.76 bits per heavy atom. The van der Waals surface area contributed by atoms with E-state index >= 15 is 0 Å². The number of hydrogen-bond donors (Lipinski definition) is 1. The minimum Gasteiger partial charge on any atom is -0.468 e. The Morgan fingerprint density at radius 1 is 1.19 bits per heavy atom. The van der Waals surface area contributed by atoms with Crippen LogP contribution in [0.15, 0.2) is 24.3 Å². The van der Waals surface area contributed by atoms with Crippen LogP contribution in [0.2, 0.25) is 0 Å². The second-order valence-corrected chi connectivity index (χ2v) is 4.92. The average molecular weight is 292 g/mol. The standard InChI is InChI=1S/C15H20N2O4/c1-10(2)17(9-13(18)21-4)15(20)14(19)16-12-7-5-11(3)6-8-12/h5-8,10H,9H2,1-4H3,(H,16,19). The normalized spacial score (nSPS) is 10.1. The highest BCUT2D eigenvalue weighted by molar-refractivity contribution is 6.39. The van der Waals surface area contributed by atoms with Crippen molar-refractivity contribution in [2.75, 3.05) is 19.0 Å². The molecule has 0 spiro atoms. The monoisotopic (exact) mass is 292 g/mol. The zero-order valence-electron chi connectivity index (χ0n) is 12.7. The van der Waals surface area contributed by atoms with Crippen molar-refractivity contribution in [3.63, 3.8) is 0 Å². The molecular formula is C15H20N2O4. The third kappa shape index (κ3) is 4.91. The van der Waals surface area contributed by atoms with Crippen molar-refractivity contribution < 1.29 is 19.1 Å². The summed E-state index contributed by atoms with van der Waals surface area (Å²) in [5, 5.41) is 2.51.